The molecule has 2 atom stereocenters. The Balaban J connectivity index is 1.54. The highest BCUT2D eigenvalue weighted by atomic mass is 16.5. The van der Waals surface area contributed by atoms with Crippen LogP contribution < -0.4 is 5.32 Å². The minimum atomic E-state index is 0.420. The molecule has 1 fully saturated rings. The van der Waals surface area contributed by atoms with Crippen molar-refractivity contribution in [2.24, 2.45) is 0 Å². The quantitative estimate of drug-likeness (QED) is 0.822. The molecule has 0 aliphatic carbocycles. The third kappa shape index (κ3) is 2.58. The van der Waals surface area contributed by atoms with Gasteiger partial charge in [-0.25, -0.2) is 4.98 Å². The van der Waals surface area contributed by atoms with Crippen LogP contribution in [0.4, 0.5) is 0 Å². The second-order valence-electron chi connectivity index (χ2n) is 5.27. The van der Waals surface area contributed by atoms with Gasteiger partial charge in [0, 0.05) is 38.6 Å². The predicted octanol–water partition coefficient (Wildman–Crippen LogP) is 0.535. The number of ether oxygens (including phenoxy) is 1. The number of hydrogen-bond donors (Lipinski definition) is 2. The van der Waals surface area contributed by atoms with Crippen LogP contribution >= 0.6 is 0 Å². The summed E-state index contributed by atoms with van der Waals surface area (Å²) < 4.78 is 5.71. The molecule has 100 valence electrons. The fraction of sp³-hybridized carbons (Fsp3) is 0.769. The number of morpholine rings is 1. The van der Waals surface area contributed by atoms with Crippen molar-refractivity contribution in [1.29, 1.82) is 0 Å². The lowest BCUT2D eigenvalue weighted by atomic mass is 10.0. The molecule has 0 aromatic carbocycles. The van der Waals surface area contributed by atoms with Crippen LogP contribution in [0.25, 0.3) is 0 Å². The lowest BCUT2D eigenvalue weighted by Gasteiger charge is -2.35. The van der Waals surface area contributed by atoms with Crippen molar-refractivity contribution in [2.45, 2.75) is 38.5 Å². The zero-order chi connectivity index (χ0) is 12.4. The van der Waals surface area contributed by atoms with Crippen LogP contribution in [0.3, 0.4) is 0 Å². The van der Waals surface area contributed by atoms with Gasteiger partial charge in [0.05, 0.1) is 30.4 Å². The molecule has 0 radical (unpaired) electrons. The Labute approximate surface area is 108 Å². The Hall–Kier alpha value is -0.910. The van der Waals surface area contributed by atoms with Gasteiger partial charge >= 0.3 is 0 Å². The van der Waals surface area contributed by atoms with Crippen molar-refractivity contribution in [1.82, 2.24) is 20.2 Å². The Morgan fingerprint density at radius 1 is 1.56 bits per heavy atom. The van der Waals surface area contributed by atoms with E-state index in [1.54, 1.807) is 6.33 Å². The number of aromatic nitrogens is 2. The standard InChI is InChI=1S/C13H22N4O/c1-2-11-8-17(3-4-18-11)7-10-5-12-13(6-14-10)16-9-15-12/h9-11,14H,2-8H2,1H3,(H,15,16). The number of fused-ring (bicyclic) bond motifs is 1. The van der Waals surface area contributed by atoms with Crippen LogP contribution in [0.15, 0.2) is 6.33 Å². The van der Waals surface area contributed by atoms with Gasteiger partial charge in [0.2, 0.25) is 0 Å². The smallest absolute Gasteiger partial charge is 0.0925 e. The largest absolute Gasteiger partial charge is 0.376 e. The Kier molecular flexibility index (Phi) is 3.63. The molecular formula is C13H22N4O. The first-order valence-corrected chi connectivity index (χ1v) is 6.93. The second kappa shape index (κ2) is 5.38. The van der Waals surface area contributed by atoms with E-state index in [2.05, 4.69) is 27.1 Å². The maximum absolute atomic E-state index is 5.71. The van der Waals surface area contributed by atoms with Gasteiger partial charge in [0.25, 0.3) is 0 Å². The van der Waals surface area contributed by atoms with E-state index in [1.807, 2.05) is 0 Å². The number of H-pyrrole nitrogens is 1. The first kappa shape index (κ1) is 12.1. The molecule has 2 aliphatic heterocycles. The summed E-state index contributed by atoms with van der Waals surface area (Å²) in [4.78, 5) is 10.1. The zero-order valence-electron chi connectivity index (χ0n) is 11.0. The van der Waals surface area contributed by atoms with E-state index in [0.29, 0.717) is 12.1 Å². The summed E-state index contributed by atoms with van der Waals surface area (Å²) in [6.07, 6.45) is 4.37. The number of aromatic amines is 1. The van der Waals surface area contributed by atoms with Crippen LogP contribution in [0.1, 0.15) is 24.7 Å². The van der Waals surface area contributed by atoms with Crippen LogP contribution in [0.2, 0.25) is 0 Å². The van der Waals surface area contributed by atoms with Gasteiger partial charge in [-0.2, -0.15) is 0 Å². The molecule has 1 saturated heterocycles. The number of nitrogens with one attached hydrogen (secondary N) is 2. The lowest BCUT2D eigenvalue weighted by Crippen LogP contribution is -2.50. The lowest BCUT2D eigenvalue weighted by molar-refractivity contribution is -0.0323. The van der Waals surface area contributed by atoms with E-state index in [4.69, 9.17) is 4.74 Å². The van der Waals surface area contributed by atoms with E-state index in [-0.39, 0.29) is 0 Å². The summed E-state index contributed by atoms with van der Waals surface area (Å²) in [5.74, 6) is 0. The highest BCUT2D eigenvalue weighted by Gasteiger charge is 2.25. The van der Waals surface area contributed by atoms with Gasteiger partial charge in [-0.15, -0.1) is 0 Å². The van der Waals surface area contributed by atoms with Gasteiger partial charge in [0.15, 0.2) is 0 Å². The summed E-state index contributed by atoms with van der Waals surface area (Å²) in [5, 5.41) is 3.59. The van der Waals surface area contributed by atoms with Crippen molar-refractivity contribution < 1.29 is 4.74 Å². The van der Waals surface area contributed by atoms with E-state index >= 15 is 0 Å². The second-order valence-corrected chi connectivity index (χ2v) is 5.27. The van der Waals surface area contributed by atoms with Crippen molar-refractivity contribution in [3.05, 3.63) is 17.7 Å². The number of imidazole rings is 1. The molecule has 2 N–H and O–H groups in total. The van der Waals surface area contributed by atoms with Crippen LogP contribution in [-0.4, -0.2) is 53.3 Å². The maximum Gasteiger partial charge on any atom is 0.0925 e. The first-order valence-electron chi connectivity index (χ1n) is 6.93. The van der Waals surface area contributed by atoms with Crippen LogP contribution in [0, 0.1) is 0 Å². The molecule has 3 rings (SSSR count). The average molecular weight is 250 g/mol. The SMILES string of the molecule is CCC1CN(CC2Cc3nc[nH]c3CN2)CCO1. The Morgan fingerprint density at radius 3 is 3.39 bits per heavy atom. The normalized spacial score (nSPS) is 29.2. The van der Waals surface area contributed by atoms with Crippen molar-refractivity contribution >= 4 is 0 Å². The molecular weight excluding hydrogens is 228 g/mol. The molecule has 2 unspecified atom stereocenters. The minimum absolute atomic E-state index is 0.420. The van der Waals surface area contributed by atoms with Crippen LogP contribution in [-0.2, 0) is 17.7 Å². The molecule has 1 aromatic heterocycles. The van der Waals surface area contributed by atoms with Gasteiger partial charge in [-0.1, -0.05) is 6.92 Å². The first-order chi connectivity index (χ1) is 8.85. The summed E-state index contributed by atoms with van der Waals surface area (Å²) >= 11 is 0. The molecule has 0 bridgehead atoms. The third-order valence-electron chi connectivity index (χ3n) is 3.97. The number of nitrogens with zero attached hydrogens (tertiary/aromatic N) is 2. The molecule has 0 spiro atoms. The minimum Gasteiger partial charge on any atom is -0.376 e. The molecule has 1 aromatic rings. The van der Waals surface area contributed by atoms with Gasteiger partial charge in [-0.05, 0) is 6.42 Å². The number of hydrogen-bond acceptors (Lipinski definition) is 4. The fourth-order valence-electron chi connectivity index (χ4n) is 2.86. The van der Waals surface area contributed by atoms with E-state index in [0.717, 1.165) is 45.6 Å². The fourth-order valence-corrected chi connectivity index (χ4v) is 2.86. The highest BCUT2D eigenvalue weighted by Crippen LogP contribution is 2.15. The van der Waals surface area contributed by atoms with Crippen molar-refractivity contribution in [2.75, 3.05) is 26.2 Å². The molecule has 3 heterocycles. The predicted molar refractivity (Wildman–Crippen MR) is 69.4 cm³/mol. The molecule has 2 aliphatic rings. The van der Waals surface area contributed by atoms with E-state index < -0.39 is 0 Å². The Morgan fingerprint density at radius 2 is 2.50 bits per heavy atom. The van der Waals surface area contributed by atoms with Crippen molar-refractivity contribution in [3.8, 4) is 0 Å². The molecule has 0 saturated carbocycles. The topological polar surface area (TPSA) is 53.2 Å². The highest BCUT2D eigenvalue weighted by molar-refractivity contribution is 5.16. The number of rotatable bonds is 3. The van der Waals surface area contributed by atoms with Gasteiger partial charge in [0.1, 0.15) is 0 Å². The van der Waals surface area contributed by atoms with Gasteiger partial charge < -0.3 is 15.0 Å². The summed E-state index contributed by atoms with van der Waals surface area (Å²) in [5.41, 5.74) is 2.48. The zero-order valence-corrected chi connectivity index (χ0v) is 11.0. The summed E-state index contributed by atoms with van der Waals surface area (Å²) in [6, 6.07) is 0.524. The summed E-state index contributed by atoms with van der Waals surface area (Å²) in [7, 11) is 0. The van der Waals surface area contributed by atoms with Crippen molar-refractivity contribution in [3.63, 3.8) is 0 Å². The molecule has 5 nitrogen and oxygen atoms in total. The van der Waals surface area contributed by atoms with Crippen LogP contribution in [0.5, 0.6) is 0 Å². The van der Waals surface area contributed by atoms with Gasteiger partial charge in [-0.3, -0.25) is 4.90 Å². The molecule has 18 heavy (non-hydrogen) atoms. The Bertz CT molecular complexity index is 392. The van der Waals surface area contributed by atoms with E-state index in [9.17, 15) is 0 Å². The maximum atomic E-state index is 5.71. The summed E-state index contributed by atoms with van der Waals surface area (Å²) in [6.45, 7) is 7.22. The average Bonchev–Trinajstić information content (AvgIpc) is 2.86. The molecule has 5 heteroatoms. The molecule has 0 amide bonds. The van der Waals surface area contributed by atoms with E-state index in [1.165, 1.54) is 11.4 Å². The monoisotopic (exact) mass is 250 g/mol. The third-order valence-corrected chi connectivity index (χ3v) is 3.97.